The smallest absolute Gasteiger partial charge is 0.382 e. The number of carbonyl (C=O) groups is 1. The van der Waals surface area contributed by atoms with Crippen molar-refractivity contribution < 1.29 is 27.5 Å². The molecule has 0 radical (unpaired) electrons. The molecule has 0 saturated carbocycles. The minimum absolute atomic E-state index is 0.0574. The van der Waals surface area contributed by atoms with E-state index >= 15 is 0 Å². The fourth-order valence-corrected chi connectivity index (χ4v) is 4.33. The van der Waals surface area contributed by atoms with Crippen LogP contribution in [-0.2, 0) is 13.1 Å². The van der Waals surface area contributed by atoms with Crippen LogP contribution in [0.15, 0.2) is 77.9 Å². The number of benzene rings is 3. The Balaban J connectivity index is 1.45. The summed E-state index contributed by atoms with van der Waals surface area (Å²) >= 11 is 5.92. The minimum atomic E-state index is -4.97. The molecule has 3 aromatic carbocycles. The van der Waals surface area contributed by atoms with E-state index in [1.54, 1.807) is 25.1 Å². The van der Waals surface area contributed by atoms with Gasteiger partial charge in [-0.2, -0.15) is 13.2 Å². The highest BCUT2D eigenvalue weighted by Gasteiger charge is 2.39. The number of aliphatic hydroxyl groups is 1. The second kappa shape index (κ2) is 11.8. The number of carbonyl (C=O) groups excluding carboxylic acids is 1. The quantitative estimate of drug-likeness (QED) is 0.246. The van der Waals surface area contributed by atoms with Gasteiger partial charge in [-0.15, -0.1) is 10.2 Å². The van der Waals surface area contributed by atoms with E-state index in [0.29, 0.717) is 32.1 Å². The van der Waals surface area contributed by atoms with E-state index < -0.39 is 36.2 Å². The average molecular weight is 616 g/mol. The first-order valence-electron chi connectivity index (χ1n) is 12.7. The van der Waals surface area contributed by atoms with Crippen molar-refractivity contribution in [3.8, 4) is 17.1 Å². The van der Waals surface area contributed by atoms with Crippen molar-refractivity contribution in [2.75, 3.05) is 5.32 Å². The summed E-state index contributed by atoms with van der Waals surface area (Å²) < 4.78 is 56.0. The Kier molecular flexibility index (Phi) is 8.15. The van der Waals surface area contributed by atoms with E-state index in [-0.39, 0.29) is 23.8 Å². The topological polar surface area (TPSA) is 120 Å². The van der Waals surface area contributed by atoms with Crippen LogP contribution in [0.2, 0.25) is 5.02 Å². The lowest BCUT2D eigenvalue weighted by molar-refractivity contribution is -0.207. The van der Waals surface area contributed by atoms with Crippen LogP contribution in [0.4, 0.5) is 23.2 Å². The number of alkyl halides is 3. The van der Waals surface area contributed by atoms with Gasteiger partial charge in [-0.05, 0) is 61.0 Å². The van der Waals surface area contributed by atoms with Gasteiger partial charge in [-0.25, -0.2) is 23.5 Å². The molecule has 5 rings (SSSR count). The van der Waals surface area contributed by atoms with E-state index in [0.717, 1.165) is 4.68 Å². The van der Waals surface area contributed by atoms with Crippen LogP contribution >= 0.6 is 11.6 Å². The number of nitrogens with one attached hydrogen (secondary N) is 1. The molecular weight excluding hydrogens is 594 g/mol. The summed E-state index contributed by atoms with van der Waals surface area (Å²) in [6.45, 7) is 0.296. The molecule has 2 aromatic heterocycles. The Morgan fingerprint density at radius 3 is 2.51 bits per heavy atom. The molecule has 1 amide bonds. The first kappa shape index (κ1) is 29.7. The second-order valence-corrected chi connectivity index (χ2v) is 9.91. The van der Waals surface area contributed by atoms with Crippen molar-refractivity contribution in [1.29, 1.82) is 0 Å². The van der Waals surface area contributed by atoms with E-state index in [9.17, 15) is 32.3 Å². The molecule has 0 fully saturated rings. The maximum Gasteiger partial charge on any atom is 0.416 e. The molecule has 0 bridgehead atoms. The predicted molar refractivity (Wildman–Crippen MR) is 149 cm³/mol. The summed E-state index contributed by atoms with van der Waals surface area (Å²) in [5, 5.41) is 21.2. The third-order valence-electron chi connectivity index (χ3n) is 6.43. The van der Waals surface area contributed by atoms with Gasteiger partial charge in [-0.3, -0.25) is 9.36 Å². The highest BCUT2D eigenvalue weighted by molar-refractivity contribution is 6.30. The standard InChI is InChI=1S/C28H22ClF4N7O3/c1-16-6-11-19(30)12-21(16)35-26(42)20-4-2-3-5-22(20)40-15-34-24(36-40)14-39-27(43)38(13-23(41)28(31,32)33)25(37-39)17-7-9-18(29)10-8-17/h2-12,15,23,41H,13-14H2,1H3,(H,35,42). The van der Waals surface area contributed by atoms with Crippen molar-refractivity contribution in [2.24, 2.45) is 0 Å². The van der Waals surface area contributed by atoms with Gasteiger partial charge >= 0.3 is 11.9 Å². The molecule has 15 heteroatoms. The number of hydrogen-bond donors (Lipinski definition) is 2. The molecule has 0 aliphatic heterocycles. The summed E-state index contributed by atoms with van der Waals surface area (Å²) in [5.41, 5.74) is 0.814. The molecule has 0 aliphatic carbocycles. The van der Waals surface area contributed by atoms with Crippen LogP contribution in [-0.4, -0.2) is 52.4 Å². The summed E-state index contributed by atoms with van der Waals surface area (Å²) in [6.07, 6.45) is -6.48. The van der Waals surface area contributed by atoms with Gasteiger partial charge in [-0.1, -0.05) is 29.8 Å². The molecular formula is C28H22ClF4N7O3. The Morgan fingerprint density at radius 2 is 1.79 bits per heavy atom. The minimum Gasteiger partial charge on any atom is -0.382 e. The Labute approximate surface area is 245 Å². The van der Waals surface area contributed by atoms with Crippen molar-refractivity contribution in [2.45, 2.75) is 32.3 Å². The fourth-order valence-electron chi connectivity index (χ4n) is 4.20. The number of para-hydroxylation sites is 1. The number of aryl methyl sites for hydroxylation is 1. The number of aromatic nitrogens is 6. The van der Waals surface area contributed by atoms with E-state index in [4.69, 9.17) is 11.6 Å². The van der Waals surface area contributed by atoms with Gasteiger partial charge in [0.1, 0.15) is 18.7 Å². The van der Waals surface area contributed by atoms with Crippen LogP contribution in [0.1, 0.15) is 21.7 Å². The van der Waals surface area contributed by atoms with Crippen LogP contribution < -0.4 is 11.0 Å². The van der Waals surface area contributed by atoms with Crippen molar-refractivity contribution >= 4 is 23.2 Å². The number of rotatable bonds is 8. The summed E-state index contributed by atoms with van der Waals surface area (Å²) in [4.78, 5) is 30.4. The first-order chi connectivity index (χ1) is 20.4. The highest BCUT2D eigenvalue weighted by atomic mass is 35.5. The molecule has 0 saturated heterocycles. The number of aliphatic hydroxyl groups excluding tert-OH is 1. The Hall–Kier alpha value is -4.82. The number of halogens is 5. The normalized spacial score (nSPS) is 12.3. The zero-order valence-electron chi connectivity index (χ0n) is 22.3. The molecule has 5 aromatic rings. The Bertz CT molecular complexity index is 1850. The molecule has 10 nitrogen and oxygen atoms in total. The van der Waals surface area contributed by atoms with Crippen LogP contribution in [0.3, 0.4) is 0 Å². The third-order valence-corrected chi connectivity index (χ3v) is 6.68. The molecule has 1 unspecified atom stereocenters. The lowest BCUT2D eigenvalue weighted by atomic mass is 10.1. The predicted octanol–water partition coefficient (Wildman–Crippen LogP) is 4.62. The molecule has 1 atom stereocenters. The number of anilines is 1. The second-order valence-electron chi connectivity index (χ2n) is 9.47. The third kappa shape index (κ3) is 6.49. The zero-order valence-corrected chi connectivity index (χ0v) is 23.0. The maximum atomic E-state index is 13.7. The van der Waals surface area contributed by atoms with Gasteiger partial charge in [0.05, 0.1) is 17.8 Å². The van der Waals surface area contributed by atoms with Gasteiger partial charge < -0.3 is 10.4 Å². The highest BCUT2D eigenvalue weighted by Crippen LogP contribution is 2.24. The molecule has 2 N–H and O–H groups in total. The monoisotopic (exact) mass is 615 g/mol. The van der Waals surface area contributed by atoms with Crippen LogP contribution in [0.25, 0.3) is 17.1 Å². The van der Waals surface area contributed by atoms with Gasteiger partial charge in [0.15, 0.2) is 17.8 Å². The summed E-state index contributed by atoms with van der Waals surface area (Å²) in [7, 11) is 0. The van der Waals surface area contributed by atoms with Gasteiger partial charge in [0.25, 0.3) is 5.91 Å². The number of amides is 1. The van der Waals surface area contributed by atoms with Crippen molar-refractivity contribution in [3.63, 3.8) is 0 Å². The molecule has 0 aliphatic rings. The fraction of sp³-hybridized carbons (Fsp3) is 0.179. The van der Waals surface area contributed by atoms with Crippen molar-refractivity contribution in [1.82, 2.24) is 29.1 Å². The molecule has 43 heavy (non-hydrogen) atoms. The molecule has 0 spiro atoms. The summed E-state index contributed by atoms with van der Waals surface area (Å²) in [5.74, 6) is -1.12. The van der Waals surface area contributed by atoms with Gasteiger partial charge in [0, 0.05) is 16.3 Å². The SMILES string of the molecule is Cc1ccc(F)cc1NC(=O)c1ccccc1-n1cnc(Cn2nc(-c3ccc(Cl)cc3)n(CC(O)C(F)(F)F)c2=O)n1. The largest absolute Gasteiger partial charge is 0.416 e. The number of nitrogens with zero attached hydrogens (tertiary/aromatic N) is 6. The average Bonchev–Trinajstić information content (AvgIpc) is 3.55. The van der Waals surface area contributed by atoms with Gasteiger partial charge in [0.2, 0.25) is 0 Å². The Morgan fingerprint density at radius 1 is 1.07 bits per heavy atom. The van der Waals surface area contributed by atoms with E-state index in [2.05, 4.69) is 20.5 Å². The lowest BCUT2D eigenvalue weighted by Gasteiger charge is -2.15. The van der Waals surface area contributed by atoms with E-state index in [1.165, 1.54) is 59.5 Å². The first-order valence-corrected chi connectivity index (χ1v) is 13.0. The van der Waals surface area contributed by atoms with E-state index in [1.807, 2.05) is 0 Å². The maximum absolute atomic E-state index is 13.7. The van der Waals surface area contributed by atoms with Crippen LogP contribution in [0, 0.1) is 12.7 Å². The molecule has 222 valence electrons. The summed E-state index contributed by atoms with van der Waals surface area (Å²) in [6, 6.07) is 16.4. The zero-order chi connectivity index (χ0) is 30.9. The lowest BCUT2D eigenvalue weighted by Crippen LogP contribution is -2.37. The van der Waals surface area contributed by atoms with Crippen molar-refractivity contribution in [3.05, 3.63) is 111 Å². The van der Waals surface area contributed by atoms with Crippen LogP contribution in [0.5, 0.6) is 0 Å². The number of hydrogen-bond acceptors (Lipinski definition) is 6. The molecule has 2 heterocycles.